The number of methoxy groups -OCH3 is 2. The number of nitrogens with one attached hydrogen (secondary N) is 2. The van der Waals surface area contributed by atoms with E-state index in [1.165, 1.54) is 32.6 Å². The maximum atomic E-state index is 12.5. The first-order valence-corrected chi connectivity index (χ1v) is 14.0. The molecule has 0 aliphatic rings. The highest BCUT2D eigenvalue weighted by Gasteiger charge is 2.24. The van der Waals surface area contributed by atoms with Crippen LogP contribution in [0.25, 0.3) is 0 Å². The predicted molar refractivity (Wildman–Crippen MR) is 152 cm³/mol. The molecule has 1 atom stereocenters. The molecule has 0 fully saturated rings. The molecule has 40 heavy (non-hydrogen) atoms. The maximum absolute atomic E-state index is 12.5. The Morgan fingerprint density at radius 1 is 0.950 bits per heavy atom. The quantitative estimate of drug-likeness (QED) is 0.239. The van der Waals surface area contributed by atoms with Gasteiger partial charge in [0.15, 0.2) is 6.61 Å². The minimum absolute atomic E-state index is 0.142. The lowest BCUT2D eigenvalue weighted by atomic mass is 10.1. The number of hydrazone groups is 1. The molecule has 0 aliphatic heterocycles. The van der Waals surface area contributed by atoms with Gasteiger partial charge < -0.3 is 19.5 Å². The topological polar surface area (TPSA) is 136 Å². The minimum atomic E-state index is -3.82. The molecule has 212 valence electrons. The van der Waals surface area contributed by atoms with Crippen LogP contribution in [0.4, 0.5) is 5.69 Å². The van der Waals surface area contributed by atoms with E-state index >= 15 is 0 Å². The highest BCUT2D eigenvalue weighted by Crippen LogP contribution is 2.33. The number of ether oxygens (including phenoxy) is 3. The molecule has 11 nitrogen and oxygen atoms in total. The lowest BCUT2D eigenvalue weighted by Crippen LogP contribution is -2.39. The molecule has 0 radical (unpaired) electrons. The molecule has 0 unspecified atom stereocenters. The van der Waals surface area contributed by atoms with Crippen LogP contribution in [0.1, 0.15) is 24.1 Å². The highest BCUT2D eigenvalue weighted by atomic mass is 32.2. The predicted octanol–water partition coefficient (Wildman–Crippen LogP) is 2.88. The lowest BCUT2D eigenvalue weighted by molar-refractivity contribution is -0.123. The van der Waals surface area contributed by atoms with Crippen LogP contribution in [-0.2, 0) is 19.6 Å². The molecule has 0 aliphatic carbocycles. The Morgan fingerprint density at radius 2 is 1.62 bits per heavy atom. The van der Waals surface area contributed by atoms with Crippen molar-refractivity contribution in [3.05, 3.63) is 83.9 Å². The zero-order valence-corrected chi connectivity index (χ0v) is 23.5. The number of sulfonamides is 1. The average molecular weight is 569 g/mol. The van der Waals surface area contributed by atoms with Crippen molar-refractivity contribution in [3.8, 4) is 17.2 Å². The zero-order valence-electron chi connectivity index (χ0n) is 22.7. The number of benzene rings is 3. The van der Waals surface area contributed by atoms with E-state index in [1.54, 1.807) is 30.3 Å². The largest absolute Gasteiger partial charge is 0.497 e. The van der Waals surface area contributed by atoms with E-state index in [2.05, 4.69) is 15.8 Å². The van der Waals surface area contributed by atoms with Crippen molar-refractivity contribution < 1.29 is 32.2 Å². The third-order valence-electron chi connectivity index (χ3n) is 5.67. The summed E-state index contributed by atoms with van der Waals surface area (Å²) in [6, 6.07) is 20.8. The number of hydrogen-bond donors (Lipinski definition) is 2. The van der Waals surface area contributed by atoms with Crippen molar-refractivity contribution >= 4 is 33.7 Å². The molecule has 0 aromatic heterocycles. The molecule has 0 bridgehead atoms. The Labute approximate surface area is 233 Å². The third kappa shape index (κ3) is 8.73. The number of nitrogens with zero attached hydrogens (tertiary/aromatic N) is 2. The van der Waals surface area contributed by atoms with Crippen LogP contribution in [0.2, 0.25) is 0 Å². The summed E-state index contributed by atoms with van der Waals surface area (Å²) < 4.78 is 41.7. The van der Waals surface area contributed by atoms with E-state index in [0.717, 1.165) is 16.1 Å². The zero-order chi connectivity index (χ0) is 29.1. The molecule has 12 heteroatoms. The summed E-state index contributed by atoms with van der Waals surface area (Å²) in [7, 11) is -0.959. The Kier molecular flexibility index (Phi) is 10.5. The molecule has 0 heterocycles. The van der Waals surface area contributed by atoms with Crippen molar-refractivity contribution in [1.29, 1.82) is 0 Å². The van der Waals surface area contributed by atoms with Crippen molar-refractivity contribution in [2.24, 2.45) is 5.10 Å². The van der Waals surface area contributed by atoms with Gasteiger partial charge in [-0.15, -0.1) is 0 Å². The van der Waals surface area contributed by atoms with Gasteiger partial charge in [0.25, 0.3) is 11.8 Å². The summed E-state index contributed by atoms with van der Waals surface area (Å²) in [5, 5.41) is 6.79. The average Bonchev–Trinajstić information content (AvgIpc) is 2.95. The van der Waals surface area contributed by atoms with Gasteiger partial charge in [-0.05, 0) is 54.4 Å². The first-order chi connectivity index (χ1) is 19.1. The summed E-state index contributed by atoms with van der Waals surface area (Å²) in [4.78, 5) is 24.7. The van der Waals surface area contributed by atoms with Gasteiger partial charge in [-0.25, -0.2) is 13.8 Å². The summed E-state index contributed by atoms with van der Waals surface area (Å²) >= 11 is 0. The Bertz CT molecular complexity index is 1430. The van der Waals surface area contributed by atoms with E-state index in [-0.39, 0.29) is 30.0 Å². The number of hydrogen-bond acceptors (Lipinski definition) is 8. The first kappa shape index (κ1) is 30.0. The molecule has 0 spiro atoms. The van der Waals surface area contributed by atoms with Crippen LogP contribution in [0.5, 0.6) is 17.2 Å². The molecule has 3 aromatic carbocycles. The van der Waals surface area contributed by atoms with E-state index in [4.69, 9.17) is 14.2 Å². The standard InChI is InChI=1S/C28H32N4O7S/c1-20(22-8-6-5-7-9-22)30-28(34)19-39-23-12-10-21(11-13-23)17-29-31-27(33)18-32(40(4,35)36)25-15-14-24(37-2)16-26(25)38-3/h5-17,20H,18-19H2,1-4H3,(H,30,34)(H,31,33)/b29-17-/t20-/m0/s1. The van der Waals surface area contributed by atoms with Gasteiger partial charge in [0.2, 0.25) is 10.0 Å². The van der Waals surface area contributed by atoms with Crippen LogP contribution >= 0.6 is 0 Å². The minimum Gasteiger partial charge on any atom is -0.497 e. The third-order valence-corrected chi connectivity index (χ3v) is 6.80. The Balaban J connectivity index is 1.52. The van der Waals surface area contributed by atoms with Crippen molar-refractivity contribution in [2.45, 2.75) is 13.0 Å². The van der Waals surface area contributed by atoms with Gasteiger partial charge in [0.1, 0.15) is 23.8 Å². The number of anilines is 1. The van der Waals surface area contributed by atoms with Gasteiger partial charge in [0.05, 0.1) is 38.4 Å². The molecule has 3 rings (SSSR count). The van der Waals surface area contributed by atoms with Gasteiger partial charge in [-0.1, -0.05) is 30.3 Å². The SMILES string of the molecule is COc1ccc(N(CC(=O)N/N=C\c2ccc(OCC(=O)N[C@@H](C)c3ccccc3)cc2)S(C)(=O)=O)c(OC)c1. The highest BCUT2D eigenvalue weighted by molar-refractivity contribution is 7.92. The van der Waals surface area contributed by atoms with Gasteiger partial charge >= 0.3 is 0 Å². The van der Waals surface area contributed by atoms with Gasteiger partial charge in [-0.3, -0.25) is 13.9 Å². The second-order valence-corrected chi connectivity index (χ2v) is 10.6. The number of carbonyl (C=O) groups is 2. The van der Waals surface area contributed by atoms with Crippen LogP contribution in [0.15, 0.2) is 77.9 Å². The molecular weight excluding hydrogens is 536 g/mol. The molecule has 0 saturated carbocycles. The molecular formula is C28H32N4O7S. The molecule has 0 saturated heterocycles. The summed E-state index contributed by atoms with van der Waals surface area (Å²) in [6.45, 7) is 1.24. The van der Waals surface area contributed by atoms with Gasteiger partial charge in [0, 0.05) is 6.07 Å². The number of rotatable bonds is 13. The summed E-state index contributed by atoms with van der Waals surface area (Å²) in [5.41, 5.74) is 4.15. The second-order valence-electron chi connectivity index (χ2n) is 8.66. The molecule has 2 N–H and O–H groups in total. The van der Waals surface area contributed by atoms with E-state index in [1.807, 2.05) is 37.3 Å². The Hall–Kier alpha value is -4.58. The monoisotopic (exact) mass is 568 g/mol. The maximum Gasteiger partial charge on any atom is 0.260 e. The van der Waals surface area contributed by atoms with E-state index in [9.17, 15) is 18.0 Å². The number of amides is 2. The van der Waals surface area contributed by atoms with Crippen LogP contribution in [-0.4, -0.2) is 60.1 Å². The fourth-order valence-electron chi connectivity index (χ4n) is 3.62. The second kappa shape index (κ2) is 14.0. The van der Waals surface area contributed by atoms with Crippen LogP contribution in [0.3, 0.4) is 0 Å². The van der Waals surface area contributed by atoms with Crippen LogP contribution < -0.4 is 29.3 Å². The van der Waals surface area contributed by atoms with Crippen LogP contribution in [0, 0.1) is 0 Å². The van der Waals surface area contributed by atoms with E-state index in [0.29, 0.717) is 17.1 Å². The molecule has 2 amide bonds. The number of carbonyl (C=O) groups excluding carboxylic acids is 2. The summed E-state index contributed by atoms with van der Waals surface area (Å²) in [5.74, 6) is 0.281. The van der Waals surface area contributed by atoms with Crippen molar-refractivity contribution in [3.63, 3.8) is 0 Å². The van der Waals surface area contributed by atoms with Crippen molar-refractivity contribution in [2.75, 3.05) is 37.9 Å². The Morgan fingerprint density at radius 3 is 2.25 bits per heavy atom. The molecule has 3 aromatic rings. The lowest BCUT2D eigenvalue weighted by Gasteiger charge is -2.23. The van der Waals surface area contributed by atoms with E-state index < -0.39 is 22.5 Å². The summed E-state index contributed by atoms with van der Waals surface area (Å²) in [6.07, 6.45) is 2.39. The van der Waals surface area contributed by atoms with Gasteiger partial charge in [-0.2, -0.15) is 5.10 Å². The normalized spacial score (nSPS) is 11.9. The smallest absolute Gasteiger partial charge is 0.260 e. The fraction of sp³-hybridized carbons (Fsp3) is 0.250. The fourth-order valence-corrected chi connectivity index (χ4v) is 4.48. The van der Waals surface area contributed by atoms with Crippen molar-refractivity contribution in [1.82, 2.24) is 10.7 Å². The first-order valence-electron chi connectivity index (χ1n) is 12.2.